The predicted molar refractivity (Wildman–Crippen MR) is 247 cm³/mol. The molecule has 1 aliphatic rings. The van der Waals surface area contributed by atoms with Crippen molar-refractivity contribution in [3.63, 3.8) is 0 Å². The van der Waals surface area contributed by atoms with Crippen LogP contribution in [-0.2, 0) is 14.3 Å². The van der Waals surface area contributed by atoms with Crippen LogP contribution in [0.3, 0.4) is 0 Å². The Morgan fingerprint density at radius 3 is 1.25 bits per heavy atom. The normalized spacial score (nSPS) is 21.4. The van der Waals surface area contributed by atoms with Crippen LogP contribution >= 0.6 is 0 Å². The number of aliphatic hydroxyl groups excluding tert-OH is 7. The smallest absolute Gasteiger partial charge is 0.220 e. The van der Waals surface area contributed by atoms with E-state index in [2.05, 4.69) is 19.2 Å². The average Bonchev–Trinajstić information content (AvgIpc) is 3.26. The van der Waals surface area contributed by atoms with Gasteiger partial charge in [-0.05, 0) is 12.8 Å². The first-order chi connectivity index (χ1) is 29.7. The summed E-state index contributed by atoms with van der Waals surface area (Å²) in [7, 11) is 0. The zero-order valence-electron chi connectivity index (χ0n) is 39.4. The van der Waals surface area contributed by atoms with Crippen LogP contribution in [0, 0.1) is 0 Å². The second kappa shape index (κ2) is 40.6. The molecule has 1 saturated heterocycles. The van der Waals surface area contributed by atoms with Gasteiger partial charge in [-0.25, -0.2) is 0 Å². The summed E-state index contributed by atoms with van der Waals surface area (Å²) >= 11 is 0. The molecule has 61 heavy (non-hydrogen) atoms. The van der Waals surface area contributed by atoms with Crippen molar-refractivity contribution < 1.29 is 50.0 Å². The van der Waals surface area contributed by atoms with E-state index in [1.54, 1.807) is 0 Å². The van der Waals surface area contributed by atoms with Crippen molar-refractivity contribution in [1.29, 1.82) is 0 Å². The highest BCUT2D eigenvalue weighted by molar-refractivity contribution is 5.76. The summed E-state index contributed by atoms with van der Waals surface area (Å²) in [6, 6.07) is -1.16. The minimum Gasteiger partial charge on any atom is -0.394 e. The molecule has 1 aliphatic heterocycles. The van der Waals surface area contributed by atoms with Crippen LogP contribution in [0.4, 0.5) is 0 Å². The molecule has 8 N–H and O–H groups in total. The lowest BCUT2D eigenvalue weighted by Crippen LogP contribution is -2.60. The molecular formula is C50H99NO10. The van der Waals surface area contributed by atoms with Crippen LogP contribution in [0.25, 0.3) is 0 Å². The van der Waals surface area contributed by atoms with Crippen molar-refractivity contribution >= 4 is 5.91 Å². The minimum atomic E-state index is -1.66. The molecular weight excluding hydrogens is 775 g/mol. The highest BCUT2D eigenvalue weighted by Crippen LogP contribution is 2.23. The van der Waals surface area contributed by atoms with Gasteiger partial charge in [-0.2, -0.15) is 0 Å². The van der Waals surface area contributed by atoms with Gasteiger partial charge in [0.15, 0.2) is 6.29 Å². The number of unbranched alkanes of at least 4 members (excludes halogenated alkanes) is 32. The standard InChI is InChI=1S/C50H99NO10/c1-3-5-7-9-11-13-15-16-17-18-19-20-21-22-23-24-25-26-28-30-32-34-36-38-44(54)51-41(40-60-50-49(59)48(58)47(57)43(39-52)61-50)45(55)46(56)42(53)37-35-33-31-29-27-14-12-10-8-6-4-2/h41-43,45-50,52-53,55-59H,3-40H2,1-2H3,(H,51,54)/t41-,42+,43+,45-,46+,47-,48-,49+,50-/m0/s1. The first-order valence-corrected chi connectivity index (χ1v) is 25.9. The number of aliphatic hydroxyl groups is 7. The van der Waals surface area contributed by atoms with Gasteiger partial charge in [0.25, 0.3) is 0 Å². The van der Waals surface area contributed by atoms with E-state index in [-0.39, 0.29) is 12.3 Å². The molecule has 0 bridgehead atoms. The number of ether oxygens (including phenoxy) is 2. The molecule has 11 nitrogen and oxygen atoms in total. The van der Waals surface area contributed by atoms with Crippen LogP contribution in [0.2, 0.25) is 0 Å². The Kier molecular flexibility index (Phi) is 38.7. The molecule has 364 valence electrons. The molecule has 0 aliphatic carbocycles. The van der Waals surface area contributed by atoms with Gasteiger partial charge in [-0.15, -0.1) is 0 Å². The summed E-state index contributed by atoms with van der Waals surface area (Å²) in [4.78, 5) is 13.1. The first kappa shape index (κ1) is 58.1. The number of amides is 1. The van der Waals surface area contributed by atoms with Crippen molar-refractivity contribution in [3.05, 3.63) is 0 Å². The van der Waals surface area contributed by atoms with E-state index in [0.717, 1.165) is 38.5 Å². The third kappa shape index (κ3) is 30.0. The lowest BCUT2D eigenvalue weighted by molar-refractivity contribution is -0.303. The number of carbonyl (C=O) groups excluding carboxylic acids is 1. The molecule has 0 radical (unpaired) electrons. The summed E-state index contributed by atoms with van der Waals surface area (Å²) in [5, 5.41) is 76.0. The Hall–Kier alpha value is -0.890. The van der Waals surface area contributed by atoms with Crippen molar-refractivity contribution in [2.24, 2.45) is 0 Å². The molecule has 0 aromatic carbocycles. The van der Waals surface area contributed by atoms with Crippen LogP contribution in [0.15, 0.2) is 0 Å². The fraction of sp³-hybridized carbons (Fsp3) is 0.980. The summed E-state index contributed by atoms with van der Waals surface area (Å²) < 4.78 is 11.1. The fourth-order valence-electron chi connectivity index (χ4n) is 8.63. The summed E-state index contributed by atoms with van der Waals surface area (Å²) in [5.74, 6) is -0.336. The Morgan fingerprint density at radius 1 is 0.508 bits per heavy atom. The molecule has 1 heterocycles. The van der Waals surface area contributed by atoms with E-state index < -0.39 is 68.3 Å². The third-order valence-electron chi connectivity index (χ3n) is 12.9. The van der Waals surface area contributed by atoms with E-state index >= 15 is 0 Å². The molecule has 1 amide bonds. The van der Waals surface area contributed by atoms with E-state index in [1.807, 2.05) is 0 Å². The second-order valence-corrected chi connectivity index (χ2v) is 18.6. The maximum Gasteiger partial charge on any atom is 0.220 e. The highest BCUT2D eigenvalue weighted by Gasteiger charge is 2.44. The fourth-order valence-corrected chi connectivity index (χ4v) is 8.63. The predicted octanol–water partition coefficient (Wildman–Crippen LogP) is 9.45. The Morgan fingerprint density at radius 2 is 0.869 bits per heavy atom. The monoisotopic (exact) mass is 874 g/mol. The second-order valence-electron chi connectivity index (χ2n) is 18.6. The molecule has 0 aromatic rings. The molecule has 9 atom stereocenters. The SMILES string of the molecule is CCCCCCCCCCCCCCCCCCCCCCCCCC(=O)N[C@@H](CO[C@H]1O[C@H](CO)[C@H](O)[C@H](O)[C@H]1O)[C@H](O)[C@H](O)[C@H](O)CCCCCCCCCCCCC. The molecule has 0 unspecified atom stereocenters. The van der Waals surface area contributed by atoms with Crippen molar-refractivity contribution in [3.8, 4) is 0 Å². The van der Waals surface area contributed by atoms with Gasteiger partial charge in [-0.1, -0.05) is 226 Å². The van der Waals surface area contributed by atoms with Crippen molar-refractivity contribution in [1.82, 2.24) is 5.32 Å². The van der Waals surface area contributed by atoms with Gasteiger partial charge in [0.2, 0.25) is 5.91 Å². The van der Waals surface area contributed by atoms with Gasteiger partial charge in [0, 0.05) is 6.42 Å². The molecule has 1 rings (SSSR count). The Balaban J connectivity index is 2.32. The van der Waals surface area contributed by atoms with Crippen LogP contribution in [0.1, 0.15) is 245 Å². The van der Waals surface area contributed by atoms with Gasteiger partial charge in [0.1, 0.15) is 36.6 Å². The Bertz CT molecular complexity index is 959. The van der Waals surface area contributed by atoms with E-state index in [4.69, 9.17) is 9.47 Å². The number of hydrogen-bond acceptors (Lipinski definition) is 10. The van der Waals surface area contributed by atoms with Gasteiger partial charge in [0.05, 0.1) is 25.4 Å². The number of nitrogens with one attached hydrogen (secondary N) is 1. The van der Waals surface area contributed by atoms with E-state index in [1.165, 1.54) is 167 Å². The van der Waals surface area contributed by atoms with Crippen LogP contribution in [0.5, 0.6) is 0 Å². The molecule has 1 fully saturated rings. The summed E-state index contributed by atoms with van der Waals surface area (Å²) in [6.07, 6.45) is 31.1. The number of hydrogen-bond donors (Lipinski definition) is 8. The average molecular weight is 874 g/mol. The number of carbonyl (C=O) groups is 1. The van der Waals surface area contributed by atoms with E-state index in [0.29, 0.717) is 19.3 Å². The minimum absolute atomic E-state index is 0.222. The lowest BCUT2D eigenvalue weighted by atomic mass is 9.96. The van der Waals surface area contributed by atoms with E-state index in [9.17, 15) is 40.5 Å². The van der Waals surface area contributed by atoms with Crippen molar-refractivity contribution in [2.45, 2.75) is 300 Å². The van der Waals surface area contributed by atoms with Crippen molar-refractivity contribution in [2.75, 3.05) is 13.2 Å². The summed E-state index contributed by atoms with van der Waals surface area (Å²) in [5.41, 5.74) is 0. The zero-order chi connectivity index (χ0) is 44.8. The summed E-state index contributed by atoms with van der Waals surface area (Å²) in [6.45, 7) is 3.45. The van der Waals surface area contributed by atoms with Crippen LogP contribution in [-0.4, -0.2) is 110 Å². The molecule has 11 heteroatoms. The van der Waals surface area contributed by atoms with Gasteiger partial charge in [-0.3, -0.25) is 4.79 Å². The zero-order valence-corrected chi connectivity index (χ0v) is 39.4. The Labute approximate surface area is 373 Å². The van der Waals surface area contributed by atoms with Gasteiger partial charge >= 0.3 is 0 Å². The maximum atomic E-state index is 13.1. The topological polar surface area (TPSA) is 189 Å². The van der Waals surface area contributed by atoms with Gasteiger partial charge < -0.3 is 50.5 Å². The largest absolute Gasteiger partial charge is 0.394 e. The quantitative estimate of drug-likeness (QED) is 0.0274. The highest BCUT2D eigenvalue weighted by atomic mass is 16.7. The third-order valence-corrected chi connectivity index (χ3v) is 12.9. The van der Waals surface area contributed by atoms with Crippen LogP contribution < -0.4 is 5.32 Å². The molecule has 0 aromatic heterocycles. The first-order valence-electron chi connectivity index (χ1n) is 25.9. The lowest BCUT2D eigenvalue weighted by Gasteiger charge is -2.40. The molecule has 0 saturated carbocycles. The number of rotatable bonds is 44. The maximum absolute atomic E-state index is 13.1. The molecule has 0 spiro atoms.